The van der Waals surface area contributed by atoms with Gasteiger partial charge in [-0.3, -0.25) is 4.90 Å². The minimum absolute atomic E-state index is 0.222. The SMILES string of the molecule is CCCc1ccc(-c2onc3c2CCc2cc(CN4CC(C=O)C4)ccc2-3)cc1. The van der Waals surface area contributed by atoms with Crippen molar-refractivity contribution in [2.75, 3.05) is 13.1 Å². The molecule has 2 aliphatic rings. The van der Waals surface area contributed by atoms with Crippen LogP contribution in [0.4, 0.5) is 0 Å². The van der Waals surface area contributed by atoms with Crippen molar-refractivity contribution in [1.29, 1.82) is 0 Å². The number of hydrogen-bond acceptors (Lipinski definition) is 4. The molecule has 148 valence electrons. The van der Waals surface area contributed by atoms with E-state index in [1.54, 1.807) is 0 Å². The molecule has 29 heavy (non-hydrogen) atoms. The number of carbonyl (C=O) groups is 1. The molecule has 0 spiro atoms. The van der Waals surface area contributed by atoms with Crippen LogP contribution in [0.5, 0.6) is 0 Å². The van der Waals surface area contributed by atoms with Crippen LogP contribution in [0.25, 0.3) is 22.6 Å². The predicted molar refractivity (Wildman–Crippen MR) is 114 cm³/mol. The van der Waals surface area contributed by atoms with E-state index in [4.69, 9.17) is 4.52 Å². The van der Waals surface area contributed by atoms with Gasteiger partial charge in [-0.25, -0.2) is 0 Å². The van der Waals surface area contributed by atoms with E-state index in [1.807, 2.05) is 0 Å². The first-order valence-electron chi connectivity index (χ1n) is 10.6. The van der Waals surface area contributed by atoms with Crippen molar-refractivity contribution in [3.63, 3.8) is 0 Å². The molecule has 0 bridgehead atoms. The van der Waals surface area contributed by atoms with E-state index in [2.05, 4.69) is 59.4 Å². The third-order valence-electron chi connectivity index (χ3n) is 6.20. The summed E-state index contributed by atoms with van der Waals surface area (Å²) in [5, 5.41) is 4.45. The summed E-state index contributed by atoms with van der Waals surface area (Å²) in [5.74, 6) is 1.14. The van der Waals surface area contributed by atoms with Gasteiger partial charge in [-0.2, -0.15) is 0 Å². The molecule has 1 aromatic heterocycles. The molecule has 1 saturated heterocycles. The van der Waals surface area contributed by atoms with E-state index in [9.17, 15) is 4.79 Å². The van der Waals surface area contributed by atoms with E-state index < -0.39 is 0 Å². The zero-order valence-electron chi connectivity index (χ0n) is 16.9. The number of fused-ring (bicyclic) bond motifs is 3. The van der Waals surface area contributed by atoms with Gasteiger partial charge in [0.25, 0.3) is 0 Å². The molecule has 0 unspecified atom stereocenters. The molecule has 2 heterocycles. The predicted octanol–water partition coefficient (Wildman–Crippen LogP) is 4.69. The lowest BCUT2D eigenvalue weighted by atomic mass is 9.87. The van der Waals surface area contributed by atoms with Crippen molar-refractivity contribution >= 4 is 6.29 Å². The molecule has 2 aromatic carbocycles. The van der Waals surface area contributed by atoms with Crippen LogP contribution in [0.1, 0.15) is 35.6 Å². The van der Waals surface area contributed by atoms with Crippen molar-refractivity contribution in [2.45, 2.75) is 39.2 Å². The van der Waals surface area contributed by atoms with Crippen LogP contribution in [0.2, 0.25) is 0 Å². The van der Waals surface area contributed by atoms with Crippen molar-refractivity contribution in [1.82, 2.24) is 10.1 Å². The minimum Gasteiger partial charge on any atom is -0.355 e. The zero-order valence-corrected chi connectivity index (χ0v) is 16.9. The fourth-order valence-electron chi connectivity index (χ4n) is 4.62. The van der Waals surface area contributed by atoms with Crippen molar-refractivity contribution < 1.29 is 9.32 Å². The molecule has 4 nitrogen and oxygen atoms in total. The summed E-state index contributed by atoms with van der Waals surface area (Å²) in [5.41, 5.74) is 8.56. The Morgan fingerprint density at radius 1 is 1.10 bits per heavy atom. The number of aldehydes is 1. The normalized spacial score (nSPS) is 16.2. The molecule has 3 aromatic rings. The molecule has 5 rings (SSSR count). The average Bonchev–Trinajstić information content (AvgIpc) is 3.15. The lowest BCUT2D eigenvalue weighted by molar-refractivity contribution is -0.115. The summed E-state index contributed by atoms with van der Waals surface area (Å²) in [6.45, 7) is 4.89. The van der Waals surface area contributed by atoms with Gasteiger partial charge in [0.1, 0.15) is 12.0 Å². The average molecular weight is 386 g/mol. The van der Waals surface area contributed by atoms with Gasteiger partial charge in [0.2, 0.25) is 0 Å². The van der Waals surface area contributed by atoms with Crippen LogP contribution in [0.3, 0.4) is 0 Å². The largest absolute Gasteiger partial charge is 0.355 e. The number of likely N-dealkylation sites (tertiary alicyclic amines) is 1. The molecule has 1 fully saturated rings. The molecule has 1 aliphatic carbocycles. The van der Waals surface area contributed by atoms with Crippen LogP contribution in [0.15, 0.2) is 47.0 Å². The third kappa shape index (κ3) is 3.42. The smallest absolute Gasteiger partial charge is 0.170 e. The first-order chi connectivity index (χ1) is 14.2. The van der Waals surface area contributed by atoms with E-state index >= 15 is 0 Å². The molecule has 4 heteroatoms. The van der Waals surface area contributed by atoms with E-state index in [1.165, 1.54) is 27.8 Å². The number of hydrogen-bond donors (Lipinski definition) is 0. The first kappa shape index (κ1) is 18.3. The second kappa shape index (κ2) is 7.60. The Bertz CT molecular complexity index is 1030. The Morgan fingerprint density at radius 3 is 2.66 bits per heavy atom. The highest BCUT2D eigenvalue weighted by molar-refractivity contribution is 5.76. The lowest BCUT2D eigenvalue weighted by Crippen LogP contribution is -2.46. The van der Waals surface area contributed by atoms with Crippen molar-refractivity contribution in [3.8, 4) is 22.6 Å². The number of aryl methyl sites for hydroxylation is 2. The number of aromatic nitrogens is 1. The molecule has 1 aliphatic heterocycles. The third-order valence-corrected chi connectivity index (χ3v) is 6.20. The number of rotatable bonds is 6. The zero-order chi connectivity index (χ0) is 19.8. The monoisotopic (exact) mass is 386 g/mol. The highest BCUT2D eigenvalue weighted by Gasteiger charge is 2.27. The highest BCUT2D eigenvalue weighted by Crippen LogP contribution is 2.39. The van der Waals surface area contributed by atoms with Gasteiger partial charge in [-0.15, -0.1) is 0 Å². The molecule has 0 N–H and O–H groups in total. The Kier molecular flexibility index (Phi) is 4.80. The van der Waals surface area contributed by atoms with Gasteiger partial charge in [0, 0.05) is 42.2 Å². The Balaban J connectivity index is 1.38. The number of nitrogens with zero attached hydrogens (tertiary/aromatic N) is 2. The fourth-order valence-corrected chi connectivity index (χ4v) is 4.62. The molecule has 0 atom stereocenters. The maximum Gasteiger partial charge on any atom is 0.170 e. The maximum atomic E-state index is 10.8. The highest BCUT2D eigenvalue weighted by atomic mass is 16.5. The first-order valence-corrected chi connectivity index (χ1v) is 10.6. The van der Waals surface area contributed by atoms with Gasteiger partial charge < -0.3 is 9.32 Å². The number of benzene rings is 2. The molecule has 0 radical (unpaired) electrons. The van der Waals surface area contributed by atoms with E-state index in [0.29, 0.717) is 0 Å². The van der Waals surface area contributed by atoms with Gasteiger partial charge in [-0.1, -0.05) is 61.0 Å². The van der Waals surface area contributed by atoms with Crippen LogP contribution < -0.4 is 0 Å². The molecule has 0 amide bonds. The fraction of sp³-hybridized carbons (Fsp3) is 0.360. The van der Waals surface area contributed by atoms with Crippen LogP contribution in [-0.2, 0) is 30.6 Å². The van der Waals surface area contributed by atoms with Crippen LogP contribution in [-0.4, -0.2) is 29.4 Å². The lowest BCUT2D eigenvalue weighted by Gasteiger charge is -2.36. The van der Waals surface area contributed by atoms with E-state index in [-0.39, 0.29) is 5.92 Å². The molecular weight excluding hydrogens is 360 g/mol. The van der Waals surface area contributed by atoms with Crippen LogP contribution in [0, 0.1) is 5.92 Å². The van der Waals surface area contributed by atoms with Gasteiger partial charge in [0.15, 0.2) is 5.76 Å². The van der Waals surface area contributed by atoms with Gasteiger partial charge >= 0.3 is 0 Å². The van der Waals surface area contributed by atoms with Crippen LogP contribution >= 0.6 is 0 Å². The van der Waals surface area contributed by atoms with E-state index in [0.717, 1.165) is 68.6 Å². The summed E-state index contributed by atoms with van der Waals surface area (Å²) >= 11 is 0. The van der Waals surface area contributed by atoms with Gasteiger partial charge in [0.05, 0.1) is 0 Å². The molecular formula is C25H26N2O2. The summed E-state index contributed by atoms with van der Waals surface area (Å²) in [4.78, 5) is 13.1. The van der Waals surface area contributed by atoms with Gasteiger partial charge in [-0.05, 0) is 36.0 Å². The summed E-state index contributed by atoms with van der Waals surface area (Å²) in [7, 11) is 0. The second-order valence-electron chi connectivity index (χ2n) is 8.37. The standard InChI is InChI=1S/C25H26N2O2/c1-2-3-17-4-7-20(8-5-17)25-23-11-9-21-12-18(13-27-14-19(15-27)16-28)6-10-22(21)24(23)26-29-25/h4-8,10,12,16,19H,2-3,9,11,13-15H2,1H3. The Morgan fingerprint density at radius 2 is 1.90 bits per heavy atom. The topological polar surface area (TPSA) is 46.3 Å². The number of carbonyl (C=O) groups excluding carboxylic acids is 1. The maximum absolute atomic E-state index is 10.8. The summed E-state index contributed by atoms with van der Waals surface area (Å²) in [6.07, 6.45) is 5.31. The summed E-state index contributed by atoms with van der Waals surface area (Å²) < 4.78 is 5.81. The van der Waals surface area contributed by atoms with Crippen molar-refractivity contribution in [2.24, 2.45) is 5.92 Å². The summed E-state index contributed by atoms with van der Waals surface area (Å²) in [6, 6.07) is 15.4. The Labute approximate surface area is 171 Å². The van der Waals surface area contributed by atoms with Crippen molar-refractivity contribution in [3.05, 3.63) is 64.7 Å². The minimum atomic E-state index is 0.222. The quantitative estimate of drug-likeness (QED) is 0.577. The second-order valence-corrected chi connectivity index (χ2v) is 8.37. The molecule has 0 saturated carbocycles. The Hall–Kier alpha value is -2.72.